The molecule has 0 atom stereocenters. The molecule has 1 aliphatic heterocycles. The van der Waals surface area contributed by atoms with Crippen molar-refractivity contribution < 1.29 is 4.74 Å². The first kappa shape index (κ1) is 4.06. The molecule has 1 nitrogen and oxygen atoms in total. The van der Waals surface area contributed by atoms with Crippen LogP contribution in [-0.2, 0) is 4.74 Å². The summed E-state index contributed by atoms with van der Waals surface area (Å²) in [6.07, 6.45) is 1.78. The Kier molecular flexibility index (Phi) is 1.05. The molecule has 0 saturated carbocycles. The van der Waals surface area contributed by atoms with Crippen LogP contribution in [0.5, 0.6) is 0 Å². The lowest BCUT2D eigenvalue weighted by Gasteiger charge is -1.79. The fraction of sp³-hybridized carbons (Fsp3) is 0.500. The van der Waals surface area contributed by atoms with Crippen molar-refractivity contribution in [3.8, 4) is 0 Å². The molecule has 1 aliphatic rings. The smallest absolute Gasteiger partial charge is 0.137 e. The zero-order valence-corrected chi connectivity index (χ0v) is 4.42. The van der Waals surface area contributed by atoms with Crippen LogP contribution >= 0.6 is 11.8 Å². The molecule has 0 aromatic rings. The lowest BCUT2D eigenvalue weighted by atomic mass is 10.7. The number of rotatable bonds is 0. The van der Waals surface area contributed by atoms with E-state index in [1.807, 2.05) is 6.92 Å². The molecule has 0 unspecified atom stereocenters. The molecule has 0 bridgehead atoms. The number of hydrogen-bond acceptors (Lipinski definition) is 2. The van der Waals surface area contributed by atoms with Gasteiger partial charge in [0.2, 0.25) is 0 Å². The van der Waals surface area contributed by atoms with Crippen LogP contribution in [0, 0.1) is 0 Å². The van der Waals surface area contributed by atoms with E-state index >= 15 is 0 Å². The summed E-state index contributed by atoms with van der Waals surface area (Å²) in [5.74, 6) is 0.811. The Hall–Kier alpha value is -0.110. The average Bonchev–Trinajstić information content (AvgIpc) is 1.86. The number of hydrogen-bond donors (Lipinski definition) is 0. The van der Waals surface area contributed by atoms with E-state index in [0.717, 1.165) is 5.94 Å². The second-order valence-electron chi connectivity index (χ2n) is 1.16. The van der Waals surface area contributed by atoms with Crippen molar-refractivity contribution in [3.05, 3.63) is 11.2 Å². The van der Waals surface area contributed by atoms with Crippen LogP contribution in [0.1, 0.15) is 6.92 Å². The Morgan fingerprint density at radius 1 is 2.00 bits per heavy atom. The molecule has 0 aromatic carbocycles. The molecule has 0 aromatic heterocycles. The zero-order chi connectivity index (χ0) is 4.41. The van der Waals surface area contributed by atoms with Gasteiger partial charge in [-0.25, -0.2) is 0 Å². The van der Waals surface area contributed by atoms with Crippen molar-refractivity contribution in [2.24, 2.45) is 0 Å². The minimum Gasteiger partial charge on any atom is -0.489 e. The highest BCUT2D eigenvalue weighted by Gasteiger charge is 1.96. The van der Waals surface area contributed by atoms with E-state index < -0.39 is 0 Å². The first-order valence-corrected chi connectivity index (χ1v) is 2.79. The van der Waals surface area contributed by atoms with Gasteiger partial charge in [-0.1, -0.05) is 11.8 Å². The first-order valence-electron chi connectivity index (χ1n) is 1.81. The SMILES string of the molecule is CC1=COCS1. The predicted molar refractivity (Wildman–Crippen MR) is 27.3 cm³/mol. The maximum atomic E-state index is 4.86. The Bertz CT molecular complexity index is 77.6. The van der Waals surface area contributed by atoms with Crippen LogP contribution in [0.3, 0.4) is 0 Å². The second-order valence-corrected chi connectivity index (χ2v) is 2.33. The third-order valence-corrected chi connectivity index (χ3v) is 1.41. The van der Waals surface area contributed by atoms with E-state index in [9.17, 15) is 0 Å². The van der Waals surface area contributed by atoms with Gasteiger partial charge >= 0.3 is 0 Å². The molecule has 2 heteroatoms. The lowest BCUT2D eigenvalue weighted by Crippen LogP contribution is -1.64. The summed E-state index contributed by atoms with van der Waals surface area (Å²) in [5.41, 5.74) is 0. The predicted octanol–water partition coefficient (Wildman–Crippen LogP) is 1.57. The van der Waals surface area contributed by atoms with Gasteiger partial charge in [0.05, 0.1) is 6.26 Å². The fourth-order valence-corrected chi connectivity index (χ4v) is 0.770. The van der Waals surface area contributed by atoms with Gasteiger partial charge < -0.3 is 4.74 Å². The maximum absolute atomic E-state index is 4.86. The Balaban J connectivity index is 2.45. The van der Waals surface area contributed by atoms with Crippen molar-refractivity contribution in [1.82, 2.24) is 0 Å². The summed E-state index contributed by atoms with van der Waals surface area (Å²) in [6, 6.07) is 0. The normalized spacial score (nSPS) is 19.8. The van der Waals surface area contributed by atoms with Crippen molar-refractivity contribution in [2.75, 3.05) is 5.94 Å². The molecule has 0 spiro atoms. The van der Waals surface area contributed by atoms with E-state index in [2.05, 4.69) is 0 Å². The number of thioether (sulfide) groups is 1. The molecule has 0 saturated heterocycles. The summed E-state index contributed by atoms with van der Waals surface area (Å²) in [6.45, 7) is 2.04. The van der Waals surface area contributed by atoms with Crippen LogP contribution in [0.15, 0.2) is 11.2 Å². The van der Waals surface area contributed by atoms with E-state index in [0.29, 0.717) is 0 Å². The Morgan fingerprint density at radius 2 is 2.83 bits per heavy atom. The number of allylic oxidation sites excluding steroid dienone is 1. The number of ether oxygens (including phenoxy) is 1. The highest BCUT2D eigenvalue weighted by Crippen LogP contribution is 2.20. The molecule has 6 heavy (non-hydrogen) atoms. The van der Waals surface area contributed by atoms with Crippen molar-refractivity contribution in [1.29, 1.82) is 0 Å². The molecule has 34 valence electrons. The van der Waals surface area contributed by atoms with Gasteiger partial charge in [-0.3, -0.25) is 0 Å². The fourth-order valence-electron chi connectivity index (χ4n) is 0.312. The zero-order valence-electron chi connectivity index (χ0n) is 3.60. The van der Waals surface area contributed by atoms with Crippen molar-refractivity contribution in [2.45, 2.75) is 6.92 Å². The standard InChI is InChI=1S/C4H6OS/c1-4-2-5-3-6-4/h2H,3H2,1H3. The third-order valence-electron chi connectivity index (χ3n) is 0.604. The third kappa shape index (κ3) is 0.684. The van der Waals surface area contributed by atoms with E-state index in [4.69, 9.17) is 4.74 Å². The minimum atomic E-state index is 0.811. The maximum Gasteiger partial charge on any atom is 0.137 e. The lowest BCUT2D eigenvalue weighted by molar-refractivity contribution is 0.324. The first-order chi connectivity index (χ1) is 2.89. The summed E-state index contributed by atoms with van der Waals surface area (Å²) < 4.78 is 4.86. The molecule has 0 fully saturated rings. The summed E-state index contributed by atoms with van der Waals surface area (Å²) >= 11 is 1.74. The molecule has 0 aliphatic carbocycles. The van der Waals surface area contributed by atoms with Crippen LogP contribution < -0.4 is 0 Å². The van der Waals surface area contributed by atoms with Gasteiger partial charge in [-0.2, -0.15) is 0 Å². The van der Waals surface area contributed by atoms with Crippen LogP contribution in [-0.4, -0.2) is 5.94 Å². The summed E-state index contributed by atoms with van der Waals surface area (Å²) in [4.78, 5) is 1.27. The van der Waals surface area contributed by atoms with Gasteiger partial charge in [-0.15, -0.1) is 0 Å². The van der Waals surface area contributed by atoms with Gasteiger partial charge in [0.1, 0.15) is 5.94 Å². The van der Waals surface area contributed by atoms with Crippen molar-refractivity contribution in [3.63, 3.8) is 0 Å². The van der Waals surface area contributed by atoms with E-state index in [1.54, 1.807) is 18.0 Å². The van der Waals surface area contributed by atoms with Crippen molar-refractivity contribution >= 4 is 11.8 Å². The van der Waals surface area contributed by atoms with E-state index in [1.165, 1.54) is 4.91 Å². The molecule has 0 radical (unpaired) electrons. The van der Waals surface area contributed by atoms with Gasteiger partial charge in [0.25, 0.3) is 0 Å². The molecule has 1 rings (SSSR count). The largest absolute Gasteiger partial charge is 0.489 e. The van der Waals surface area contributed by atoms with E-state index in [-0.39, 0.29) is 0 Å². The monoisotopic (exact) mass is 102 g/mol. The molecule has 0 amide bonds. The second kappa shape index (κ2) is 1.56. The highest BCUT2D eigenvalue weighted by atomic mass is 32.2. The Morgan fingerprint density at radius 3 is 3.00 bits per heavy atom. The van der Waals surface area contributed by atoms with Crippen LogP contribution in [0.25, 0.3) is 0 Å². The van der Waals surface area contributed by atoms with Gasteiger partial charge in [0.15, 0.2) is 0 Å². The summed E-state index contributed by atoms with van der Waals surface area (Å²) in [5, 5.41) is 0. The highest BCUT2D eigenvalue weighted by molar-refractivity contribution is 8.03. The van der Waals surface area contributed by atoms with Gasteiger partial charge in [0, 0.05) is 4.91 Å². The summed E-state index contributed by atoms with van der Waals surface area (Å²) in [7, 11) is 0. The quantitative estimate of drug-likeness (QED) is 0.459. The molecule has 0 N–H and O–H groups in total. The molecule has 1 heterocycles. The van der Waals surface area contributed by atoms with Gasteiger partial charge in [-0.05, 0) is 6.92 Å². The minimum absolute atomic E-state index is 0.811. The Labute approximate surface area is 41.4 Å². The molecular formula is C4H6OS. The average molecular weight is 102 g/mol. The molecular weight excluding hydrogens is 96.1 g/mol. The van der Waals surface area contributed by atoms with Crippen LogP contribution in [0.4, 0.5) is 0 Å². The van der Waals surface area contributed by atoms with Crippen LogP contribution in [0.2, 0.25) is 0 Å². The topological polar surface area (TPSA) is 9.23 Å².